The molecule has 2 aliphatic rings. The first-order valence-corrected chi connectivity index (χ1v) is 10.4. The molecule has 0 radical (unpaired) electrons. The zero-order valence-corrected chi connectivity index (χ0v) is 17.6. The Hall–Kier alpha value is -3.47. The summed E-state index contributed by atoms with van der Waals surface area (Å²) in [5, 5.41) is 38.8. The third-order valence-corrected chi connectivity index (χ3v) is 5.73. The Balaban J connectivity index is 0.000000262. The summed E-state index contributed by atoms with van der Waals surface area (Å²) in [5.74, 6) is -1.57. The number of benzene rings is 2. The number of carbonyl (C=O) groups is 3. The summed E-state index contributed by atoms with van der Waals surface area (Å²) in [6, 6.07) is 17.8. The normalized spacial score (nSPS) is 22.1. The molecule has 1 aliphatic carbocycles. The van der Waals surface area contributed by atoms with Crippen LogP contribution in [0, 0.1) is 17.8 Å². The number of carboxylic acids is 2. The van der Waals surface area contributed by atoms with Crippen LogP contribution in [-0.4, -0.2) is 70.4 Å². The highest BCUT2D eigenvalue weighted by Gasteiger charge is 2.53. The molecule has 2 aromatic rings. The van der Waals surface area contributed by atoms with Crippen molar-refractivity contribution in [1.82, 2.24) is 5.32 Å². The molecular formula is C23H26N2O8. The molecular weight excluding hydrogens is 432 g/mol. The first-order chi connectivity index (χ1) is 15.8. The summed E-state index contributed by atoms with van der Waals surface area (Å²) in [4.78, 5) is 31.6. The van der Waals surface area contributed by atoms with Gasteiger partial charge in [0.25, 0.3) is 0 Å². The van der Waals surface area contributed by atoms with Gasteiger partial charge in [-0.25, -0.2) is 14.4 Å². The number of ether oxygens (including phenoxy) is 1. The number of anilines is 1. The van der Waals surface area contributed by atoms with Crippen LogP contribution >= 0.6 is 0 Å². The molecule has 2 aromatic carbocycles. The van der Waals surface area contributed by atoms with E-state index in [-0.39, 0.29) is 6.09 Å². The van der Waals surface area contributed by atoms with Gasteiger partial charge in [0.1, 0.15) is 0 Å². The minimum absolute atomic E-state index is 0.369. The lowest BCUT2D eigenvalue weighted by Crippen LogP contribution is -2.39. The van der Waals surface area contributed by atoms with Crippen molar-refractivity contribution in [2.45, 2.75) is 12.2 Å². The molecule has 0 spiro atoms. The molecule has 10 nitrogen and oxygen atoms in total. The SMILES string of the molecule is O=C(Nc1ccccc1-c1ccccc1)OCC1C2CNCC21.O=C(O)C(O)C(O)C(=O)O. The van der Waals surface area contributed by atoms with Crippen molar-refractivity contribution >= 4 is 23.7 Å². The molecule has 1 saturated carbocycles. The molecule has 4 atom stereocenters. The second kappa shape index (κ2) is 10.9. The van der Waals surface area contributed by atoms with Crippen LogP contribution in [0.1, 0.15) is 0 Å². The van der Waals surface area contributed by atoms with Crippen LogP contribution in [0.2, 0.25) is 0 Å². The van der Waals surface area contributed by atoms with Gasteiger partial charge in [0, 0.05) is 11.5 Å². The molecule has 4 unspecified atom stereocenters. The number of aliphatic hydroxyl groups is 2. The molecule has 1 amide bonds. The number of carbonyl (C=O) groups excluding carboxylic acids is 1. The Labute approximate surface area is 189 Å². The van der Waals surface area contributed by atoms with Gasteiger partial charge in [0.05, 0.1) is 12.3 Å². The maximum Gasteiger partial charge on any atom is 0.411 e. The van der Waals surface area contributed by atoms with Crippen LogP contribution in [0.4, 0.5) is 10.5 Å². The lowest BCUT2D eigenvalue weighted by atomic mass is 10.0. The number of para-hydroxylation sites is 1. The number of hydrogen-bond donors (Lipinski definition) is 6. The summed E-state index contributed by atoms with van der Waals surface area (Å²) < 4.78 is 5.42. The molecule has 0 aromatic heterocycles. The minimum Gasteiger partial charge on any atom is -0.479 e. The average molecular weight is 458 g/mol. The van der Waals surface area contributed by atoms with E-state index >= 15 is 0 Å². The third-order valence-electron chi connectivity index (χ3n) is 5.73. The molecule has 10 heteroatoms. The smallest absolute Gasteiger partial charge is 0.411 e. The van der Waals surface area contributed by atoms with E-state index in [1.54, 1.807) is 0 Å². The number of hydrogen-bond acceptors (Lipinski definition) is 7. The Morgan fingerprint density at radius 2 is 1.45 bits per heavy atom. The number of fused-ring (bicyclic) bond motifs is 1. The highest BCUT2D eigenvalue weighted by Crippen LogP contribution is 2.48. The molecule has 1 aliphatic heterocycles. The summed E-state index contributed by atoms with van der Waals surface area (Å²) in [6.07, 6.45) is -4.90. The van der Waals surface area contributed by atoms with Crippen molar-refractivity contribution in [2.24, 2.45) is 17.8 Å². The summed E-state index contributed by atoms with van der Waals surface area (Å²) >= 11 is 0. The Kier molecular flexibility index (Phi) is 7.99. The van der Waals surface area contributed by atoms with Crippen LogP contribution in [0.3, 0.4) is 0 Å². The zero-order valence-electron chi connectivity index (χ0n) is 17.6. The second-order valence-corrected chi connectivity index (χ2v) is 7.85. The number of rotatable bonds is 7. The fourth-order valence-electron chi connectivity index (χ4n) is 3.84. The van der Waals surface area contributed by atoms with E-state index in [9.17, 15) is 14.4 Å². The van der Waals surface area contributed by atoms with Crippen molar-refractivity contribution < 1.29 is 39.5 Å². The topological polar surface area (TPSA) is 165 Å². The molecule has 4 rings (SSSR count). The molecule has 2 fully saturated rings. The van der Waals surface area contributed by atoms with Crippen LogP contribution in [0.5, 0.6) is 0 Å². The average Bonchev–Trinajstić information content (AvgIpc) is 3.23. The van der Waals surface area contributed by atoms with E-state index in [0.29, 0.717) is 24.4 Å². The number of aliphatic hydroxyl groups excluding tert-OH is 2. The second-order valence-electron chi connectivity index (χ2n) is 7.85. The van der Waals surface area contributed by atoms with Crippen LogP contribution < -0.4 is 10.6 Å². The van der Waals surface area contributed by atoms with Crippen molar-refractivity contribution in [3.05, 3.63) is 54.6 Å². The number of aliphatic carboxylic acids is 2. The Morgan fingerprint density at radius 1 is 0.909 bits per heavy atom. The van der Waals surface area contributed by atoms with Gasteiger partial charge in [-0.15, -0.1) is 0 Å². The maximum atomic E-state index is 12.1. The van der Waals surface area contributed by atoms with Gasteiger partial charge < -0.3 is 30.5 Å². The molecule has 0 bridgehead atoms. The van der Waals surface area contributed by atoms with E-state index < -0.39 is 24.1 Å². The van der Waals surface area contributed by atoms with E-state index in [0.717, 1.165) is 29.9 Å². The van der Waals surface area contributed by atoms with E-state index in [4.69, 9.17) is 25.2 Å². The van der Waals surface area contributed by atoms with E-state index in [1.165, 1.54) is 0 Å². The lowest BCUT2D eigenvalue weighted by Gasteiger charge is -2.12. The predicted octanol–water partition coefficient (Wildman–Crippen LogP) is 1.24. The maximum absolute atomic E-state index is 12.1. The van der Waals surface area contributed by atoms with Crippen LogP contribution in [-0.2, 0) is 14.3 Å². The quantitative estimate of drug-likeness (QED) is 0.358. The number of carboxylic acid groups (broad SMARTS) is 2. The lowest BCUT2D eigenvalue weighted by molar-refractivity contribution is -0.165. The minimum atomic E-state index is -2.27. The number of piperidine rings is 1. The predicted molar refractivity (Wildman–Crippen MR) is 117 cm³/mol. The molecule has 176 valence electrons. The molecule has 1 saturated heterocycles. The summed E-state index contributed by atoms with van der Waals surface area (Å²) in [5.41, 5.74) is 2.85. The van der Waals surface area contributed by atoms with Gasteiger partial charge in [0.2, 0.25) is 0 Å². The fourth-order valence-corrected chi connectivity index (χ4v) is 3.84. The van der Waals surface area contributed by atoms with Crippen molar-refractivity contribution in [3.63, 3.8) is 0 Å². The van der Waals surface area contributed by atoms with Crippen LogP contribution in [0.25, 0.3) is 11.1 Å². The van der Waals surface area contributed by atoms with Crippen molar-refractivity contribution in [2.75, 3.05) is 25.0 Å². The highest BCUT2D eigenvalue weighted by atomic mass is 16.5. The van der Waals surface area contributed by atoms with Crippen LogP contribution in [0.15, 0.2) is 54.6 Å². The third kappa shape index (κ3) is 6.28. The first kappa shape index (κ1) is 24.2. The number of amides is 1. The van der Waals surface area contributed by atoms with Gasteiger partial charge in [-0.2, -0.15) is 0 Å². The van der Waals surface area contributed by atoms with Gasteiger partial charge in [-0.3, -0.25) is 5.32 Å². The monoisotopic (exact) mass is 458 g/mol. The fraction of sp³-hybridized carbons (Fsp3) is 0.348. The standard InChI is InChI=1S/C19H20N2O2.C4H6O6/c22-19(23-12-17-15-10-20-11-16(15)17)21-18-9-5-4-8-14(18)13-6-2-1-3-7-13;5-1(3(7)8)2(6)4(9)10/h1-9,15-17,20H,10-12H2,(H,21,22);1-2,5-6H,(H,7,8)(H,9,10). The van der Waals surface area contributed by atoms with E-state index in [1.807, 2.05) is 54.6 Å². The molecule has 6 N–H and O–H groups in total. The van der Waals surface area contributed by atoms with Gasteiger partial charge in [-0.1, -0.05) is 48.5 Å². The van der Waals surface area contributed by atoms with Crippen molar-refractivity contribution in [1.29, 1.82) is 0 Å². The molecule has 1 heterocycles. The Bertz CT molecular complexity index is 955. The zero-order chi connectivity index (χ0) is 24.0. The first-order valence-electron chi connectivity index (χ1n) is 10.4. The van der Waals surface area contributed by atoms with Gasteiger partial charge in [0.15, 0.2) is 12.2 Å². The number of nitrogens with one attached hydrogen (secondary N) is 2. The Morgan fingerprint density at radius 3 is 2.03 bits per heavy atom. The molecule has 33 heavy (non-hydrogen) atoms. The largest absolute Gasteiger partial charge is 0.479 e. The summed E-state index contributed by atoms with van der Waals surface area (Å²) in [6.45, 7) is 2.66. The van der Waals surface area contributed by atoms with E-state index in [2.05, 4.69) is 10.6 Å². The highest BCUT2D eigenvalue weighted by molar-refractivity contribution is 5.91. The van der Waals surface area contributed by atoms with Gasteiger partial charge in [-0.05, 0) is 36.6 Å². The van der Waals surface area contributed by atoms with Gasteiger partial charge >= 0.3 is 18.0 Å². The summed E-state index contributed by atoms with van der Waals surface area (Å²) in [7, 11) is 0. The van der Waals surface area contributed by atoms with Crippen molar-refractivity contribution in [3.8, 4) is 11.1 Å².